The van der Waals surface area contributed by atoms with E-state index in [0.29, 0.717) is 18.7 Å². The van der Waals surface area contributed by atoms with Crippen LogP contribution in [-0.4, -0.2) is 50.8 Å². The van der Waals surface area contributed by atoms with Crippen LogP contribution in [0.4, 0.5) is 5.69 Å². The second-order valence-corrected chi connectivity index (χ2v) is 11.9. The number of rotatable bonds is 12. The molecule has 0 bridgehead atoms. The SMILES string of the molecule is CCCNC(=O)[C@@H](C)N(CCc1ccccc1)C(=O)CN(c1ccc(Br)cc1)S(=O)(=O)c1ccc(C)cc1. The fourth-order valence-electron chi connectivity index (χ4n) is 3.94. The first-order valence-electron chi connectivity index (χ1n) is 12.6. The van der Waals surface area contributed by atoms with Gasteiger partial charge in [0.2, 0.25) is 11.8 Å². The number of benzene rings is 3. The molecule has 1 N–H and O–H groups in total. The lowest BCUT2D eigenvalue weighted by Crippen LogP contribution is -2.52. The van der Waals surface area contributed by atoms with E-state index in [-0.39, 0.29) is 17.3 Å². The van der Waals surface area contributed by atoms with Gasteiger partial charge in [-0.15, -0.1) is 0 Å². The summed E-state index contributed by atoms with van der Waals surface area (Å²) in [5.41, 5.74) is 2.30. The lowest BCUT2D eigenvalue weighted by atomic mass is 10.1. The van der Waals surface area contributed by atoms with Gasteiger partial charge < -0.3 is 10.2 Å². The minimum atomic E-state index is -4.07. The average Bonchev–Trinajstić information content (AvgIpc) is 2.91. The number of carbonyl (C=O) groups excluding carboxylic acids is 2. The first kappa shape index (κ1) is 29.4. The molecule has 0 aliphatic heterocycles. The van der Waals surface area contributed by atoms with Gasteiger partial charge >= 0.3 is 0 Å². The van der Waals surface area contributed by atoms with Gasteiger partial charge in [-0.25, -0.2) is 8.42 Å². The van der Waals surface area contributed by atoms with E-state index in [1.807, 2.05) is 44.2 Å². The van der Waals surface area contributed by atoms with Crippen LogP contribution in [0.1, 0.15) is 31.4 Å². The number of anilines is 1. The molecule has 0 radical (unpaired) electrons. The average molecular weight is 601 g/mol. The second kappa shape index (κ2) is 13.6. The summed E-state index contributed by atoms with van der Waals surface area (Å²) in [6, 6.07) is 22.2. The highest BCUT2D eigenvalue weighted by molar-refractivity contribution is 9.10. The largest absolute Gasteiger partial charge is 0.354 e. The summed E-state index contributed by atoms with van der Waals surface area (Å²) < 4.78 is 29.4. The van der Waals surface area contributed by atoms with E-state index >= 15 is 0 Å². The number of carbonyl (C=O) groups is 2. The summed E-state index contributed by atoms with van der Waals surface area (Å²) in [5.74, 6) is -0.733. The van der Waals surface area contributed by atoms with Crippen molar-refractivity contribution >= 4 is 43.5 Å². The number of hydrogen-bond acceptors (Lipinski definition) is 4. The maximum atomic E-state index is 13.8. The van der Waals surface area contributed by atoms with Gasteiger partial charge in [-0.05, 0) is 68.7 Å². The molecule has 3 aromatic carbocycles. The maximum Gasteiger partial charge on any atom is 0.264 e. The van der Waals surface area contributed by atoms with Crippen LogP contribution in [-0.2, 0) is 26.0 Å². The van der Waals surface area contributed by atoms with Crippen molar-refractivity contribution in [3.63, 3.8) is 0 Å². The topological polar surface area (TPSA) is 86.8 Å². The van der Waals surface area contributed by atoms with Crippen LogP contribution in [0.25, 0.3) is 0 Å². The van der Waals surface area contributed by atoms with Crippen molar-refractivity contribution in [1.29, 1.82) is 0 Å². The number of aryl methyl sites for hydroxylation is 1. The fraction of sp³-hybridized carbons (Fsp3) is 0.310. The van der Waals surface area contributed by atoms with Gasteiger partial charge in [-0.1, -0.05) is 70.9 Å². The second-order valence-electron chi connectivity index (χ2n) is 9.09. The molecule has 3 aromatic rings. The molecule has 0 aliphatic rings. The predicted octanol–water partition coefficient (Wildman–Crippen LogP) is 4.94. The molecule has 0 unspecified atom stereocenters. The van der Waals surface area contributed by atoms with Gasteiger partial charge in [0, 0.05) is 17.6 Å². The Balaban J connectivity index is 1.95. The Kier molecular flexibility index (Phi) is 10.5. The Bertz CT molecular complexity index is 1310. The summed E-state index contributed by atoms with van der Waals surface area (Å²) in [6.45, 7) is 5.82. The molecule has 0 aromatic heterocycles. The van der Waals surface area contributed by atoms with Crippen molar-refractivity contribution < 1.29 is 18.0 Å². The van der Waals surface area contributed by atoms with Crippen LogP contribution in [0.3, 0.4) is 0 Å². The molecule has 7 nitrogen and oxygen atoms in total. The molecule has 1 atom stereocenters. The Labute approximate surface area is 234 Å². The first-order chi connectivity index (χ1) is 18.1. The van der Waals surface area contributed by atoms with E-state index in [0.717, 1.165) is 26.3 Å². The highest BCUT2D eigenvalue weighted by Crippen LogP contribution is 2.26. The third kappa shape index (κ3) is 7.68. The smallest absolute Gasteiger partial charge is 0.264 e. The molecule has 9 heteroatoms. The van der Waals surface area contributed by atoms with E-state index < -0.39 is 28.5 Å². The Morgan fingerprint density at radius 2 is 1.58 bits per heavy atom. The monoisotopic (exact) mass is 599 g/mol. The molecule has 38 heavy (non-hydrogen) atoms. The van der Waals surface area contributed by atoms with Gasteiger partial charge in [0.05, 0.1) is 10.6 Å². The molecule has 2 amide bonds. The number of sulfonamides is 1. The third-order valence-electron chi connectivity index (χ3n) is 6.20. The molecular formula is C29H34BrN3O4S. The van der Waals surface area contributed by atoms with Crippen molar-refractivity contribution in [1.82, 2.24) is 10.2 Å². The van der Waals surface area contributed by atoms with Crippen molar-refractivity contribution in [2.75, 3.05) is 23.9 Å². The molecule has 3 rings (SSSR count). The van der Waals surface area contributed by atoms with E-state index in [4.69, 9.17) is 0 Å². The quantitative estimate of drug-likeness (QED) is 0.319. The summed E-state index contributed by atoms with van der Waals surface area (Å²) in [6.07, 6.45) is 1.30. The number of nitrogens with one attached hydrogen (secondary N) is 1. The van der Waals surface area contributed by atoms with Crippen molar-refractivity contribution in [3.8, 4) is 0 Å². The zero-order chi connectivity index (χ0) is 27.7. The van der Waals surface area contributed by atoms with E-state index in [2.05, 4.69) is 21.2 Å². The summed E-state index contributed by atoms with van der Waals surface area (Å²) in [7, 11) is -4.07. The normalized spacial score (nSPS) is 12.0. The molecule has 0 fully saturated rings. The van der Waals surface area contributed by atoms with Gasteiger partial charge in [0.1, 0.15) is 12.6 Å². The lowest BCUT2D eigenvalue weighted by molar-refractivity contribution is -0.138. The summed E-state index contributed by atoms with van der Waals surface area (Å²) in [4.78, 5) is 28.2. The van der Waals surface area contributed by atoms with Crippen molar-refractivity contribution in [2.45, 2.75) is 44.6 Å². The number of amides is 2. The number of nitrogens with zero attached hydrogens (tertiary/aromatic N) is 2. The molecule has 0 heterocycles. The molecular weight excluding hydrogens is 566 g/mol. The molecule has 0 saturated carbocycles. The first-order valence-corrected chi connectivity index (χ1v) is 14.8. The van der Waals surface area contributed by atoms with Crippen LogP contribution in [0.15, 0.2) is 88.2 Å². The standard InChI is InChI=1S/C29H34BrN3O4S/c1-4-19-31-29(35)23(3)32(20-18-24-8-6-5-7-9-24)28(34)21-33(26-14-12-25(30)13-15-26)38(36,37)27-16-10-22(2)11-17-27/h5-17,23H,4,18-21H2,1-3H3,(H,31,35)/t23-/m1/s1. The minimum absolute atomic E-state index is 0.0865. The molecule has 0 aliphatic carbocycles. The fourth-order valence-corrected chi connectivity index (χ4v) is 5.62. The van der Waals surface area contributed by atoms with Gasteiger partial charge in [-0.3, -0.25) is 13.9 Å². The highest BCUT2D eigenvalue weighted by atomic mass is 79.9. The summed E-state index contributed by atoms with van der Waals surface area (Å²) in [5, 5.41) is 2.85. The van der Waals surface area contributed by atoms with Crippen LogP contribution >= 0.6 is 15.9 Å². The predicted molar refractivity (Wildman–Crippen MR) is 154 cm³/mol. The maximum absolute atomic E-state index is 13.8. The zero-order valence-corrected chi connectivity index (χ0v) is 24.3. The molecule has 0 saturated heterocycles. The van der Waals surface area contributed by atoms with Crippen LogP contribution in [0.2, 0.25) is 0 Å². The van der Waals surface area contributed by atoms with Gasteiger partial charge in [-0.2, -0.15) is 0 Å². The van der Waals surface area contributed by atoms with E-state index in [1.165, 1.54) is 17.0 Å². The van der Waals surface area contributed by atoms with Crippen LogP contribution in [0.5, 0.6) is 0 Å². The van der Waals surface area contributed by atoms with Gasteiger partial charge in [0.25, 0.3) is 10.0 Å². The zero-order valence-electron chi connectivity index (χ0n) is 21.9. The highest BCUT2D eigenvalue weighted by Gasteiger charge is 2.32. The minimum Gasteiger partial charge on any atom is -0.354 e. The number of hydrogen-bond donors (Lipinski definition) is 1. The molecule has 202 valence electrons. The van der Waals surface area contributed by atoms with Crippen molar-refractivity contribution in [2.24, 2.45) is 0 Å². The third-order valence-corrected chi connectivity index (χ3v) is 8.52. The van der Waals surface area contributed by atoms with Crippen molar-refractivity contribution in [3.05, 3.63) is 94.5 Å². The van der Waals surface area contributed by atoms with E-state index in [1.54, 1.807) is 43.3 Å². The molecule has 0 spiro atoms. The van der Waals surface area contributed by atoms with Crippen LogP contribution < -0.4 is 9.62 Å². The number of halogens is 1. The lowest BCUT2D eigenvalue weighted by Gasteiger charge is -2.32. The Morgan fingerprint density at radius 1 is 0.947 bits per heavy atom. The Morgan fingerprint density at radius 3 is 2.18 bits per heavy atom. The van der Waals surface area contributed by atoms with Gasteiger partial charge in [0.15, 0.2) is 0 Å². The van der Waals surface area contributed by atoms with Crippen LogP contribution in [0, 0.1) is 6.92 Å². The van der Waals surface area contributed by atoms with E-state index in [9.17, 15) is 18.0 Å². The Hall–Kier alpha value is -3.17. The summed E-state index contributed by atoms with van der Waals surface area (Å²) >= 11 is 3.38.